The summed E-state index contributed by atoms with van der Waals surface area (Å²) in [4.78, 5) is 43.8. The van der Waals surface area contributed by atoms with Crippen LogP contribution in [0.5, 0.6) is 0 Å². The minimum absolute atomic E-state index is 0.0926. The molecule has 0 bridgehead atoms. The zero-order chi connectivity index (χ0) is 19.8. The quantitative estimate of drug-likeness (QED) is 0.750. The zero-order valence-corrected chi connectivity index (χ0v) is 16.2. The molecule has 0 radical (unpaired) electrons. The molecule has 2 heterocycles. The van der Waals surface area contributed by atoms with E-state index in [0.717, 1.165) is 10.9 Å². The second-order valence-electron chi connectivity index (χ2n) is 8.07. The Hall–Kier alpha value is -2.83. The van der Waals surface area contributed by atoms with Crippen LogP contribution in [0.4, 0.5) is 0 Å². The maximum atomic E-state index is 12.9. The van der Waals surface area contributed by atoms with Gasteiger partial charge in [0.2, 0.25) is 0 Å². The monoisotopic (exact) mass is 370 g/mol. The smallest absolute Gasteiger partial charge is 0.312 e. The molecular weight excluding hydrogens is 344 g/mol. The average Bonchev–Trinajstić information content (AvgIpc) is 3.03. The topological polar surface area (TPSA) is 85.5 Å². The van der Waals surface area contributed by atoms with Crippen molar-refractivity contribution in [3.63, 3.8) is 0 Å². The van der Waals surface area contributed by atoms with E-state index in [1.54, 1.807) is 4.90 Å². The van der Waals surface area contributed by atoms with Gasteiger partial charge in [-0.05, 0) is 39.8 Å². The summed E-state index contributed by atoms with van der Waals surface area (Å²) in [5.74, 6) is -1.25. The molecule has 7 nitrogen and oxygen atoms in total. The van der Waals surface area contributed by atoms with Crippen LogP contribution in [0.2, 0.25) is 0 Å². The molecule has 1 saturated heterocycles. The lowest BCUT2D eigenvalue weighted by Gasteiger charge is -2.39. The minimum atomic E-state index is -0.606. The van der Waals surface area contributed by atoms with Crippen LogP contribution >= 0.6 is 0 Å². The Kier molecular flexibility index (Phi) is 4.95. The van der Waals surface area contributed by atoms with Gasteiger partial charge in [0.1, 0.15) is 5.69 Å². The van der Waals surface area contributed by atoms with E-state index in [1.165, 1.54) is 4.90 Å². The molecule has 7 heteroatoms. The average molecular weight is 370 g/mol. The highest BCUT2D eigenvalue weighted by Gasteiger charge is 2.33. The van der Waals surface area contributed by atoms with Crippen molar-refractivity contribution in [3.05, 3.63) is 36.0 Å². The SMILES string of the molecule is C[C@H]1CN(C(=O)C(=O)NC(C)(C)C)CCN1C(=O)c1cc2ccccc2[nH]1. The molecule has 3 rings (SSSR count). The number of rotatable bonds is 1. The summed E-state index contributed by atoms with van der Waals surface area (Å²) in [5.41, 5.74) is 0.987. The van der Waals surface area contributed by atoms with E-state index in [9.17, 15) is 14.4 Å². The molecule has 3 amide bonds. The fraction of sp³-hybridized carbons (Fsp3) is 0.450. The molecule has 1 aromatic carbocycles. The number of H-pyrrole nitrogens is 1. The van der Waals surface area contributed by atoms with Crippen molar-refractivity contribution in [2.24, 2.45) is 0 Å². The van der Waals surface area contributed by atoms with E-state index < -0.39 is 17.4 Å². The Morgan fingerprint density at radius 1 is 1.15 bits per heavy atom. The van der Waals surface area contributed by atoms with Crippen molar-refractivity contribution >= 4 is 28.6 Å². The Labute approximate surface area is 158 Å². The molecule has 2 aromatic rings. The van der Waals surface area contributed by atoms with E-state index in [4.69, 9.17) is 0 Å². The molecule has 0 saturated carbocycles. The normalized spacial score (nSPS) is 17.9. The van der Waals surface area contributed by atoms with Gasteiger partial charge in [0.05, 0.1) is 0 Å². The first-order chi connectivity index (χ1) is 12.7. The Morgan fingerprint density at radius 2 is 1.85 bits per heavy atom. The van der Waals surface area contributed by atoms with Crippen LogP contribution in [0.15, 0.2) is 30.3 Å². The van der Waals surface area contributed by atoms with Crippen molar-refractivity contribution in [2.75, 3.05) is 19.6 Å². The standard InChI is InChI=1S/C20H26N4O3/c1-13-12-23(19(27)17(25)22-20(2,3)4)9-10-24(13)18(26)16-11-14-7-5-6-8-15(14)21-16/h5-8,11,13,21H,9-10,12H2,1-4H3,(H,22,25)/t13-/m0/s1. The number of hydrogen-bond donors (Lipinski definition) is 2. The summed E-state index contributed by atoms with van der Waals surface area (Å²) in [6.45, 7) is 8.45. The number of benzene rings is 1. The number of aromatic nitrogens is 1. The summed E-state index contributed by atoms with van der Waals surface area (Å²) in [6, 6.07) is 9.40. The molecule has 0 spiro atoms. The highest BCUT2D eigenvalue weighted by molar-refractivity contribution is 6.35. The number of piperazine rings is 1. The largest absolute Gasteiger partial charge is 0.351 e. The third-order valence-electron chi connectivity index (χ3n) is 4.62. The number of nitrogens with one attached hydrogen (secondary N) is 2. The van der Waals surface area contributed by atoms with Crippen molar-refractivity contribution < 1.29 is 14.4 Å². The van der Waals surface area contributed by atoms with E-state index >= 15 is 0 Å². The van der Waals surface area contributed by atoms with Crippen LogP contribution < -0.4 is 5.32 Å². The lowest BCUT2D eigenvalue weighted by Crippen LogP contribution is -2.58. The van der Waals surface area contributed by atoms with Crippen LogP contribution in [0.1, 0.15) is 38.2 Å². The minimum Gasteiger partial charge on any atom is -0.351 e. The number of amides is 3. The molecular formula is C20H26N4O3. The van der Waals surface area contributed by atoms with E-state index in [0.29, 0.717) is 25.3 Å². The van der Waals surface area contributed by atoms with Gasteiger partial charge >= 0.3 is 11.8 Å². The lowest BCUT2D eigenvalue weighted by atomic mass is 10.1. The first-order valence-electron chi connectivity index (χ1n) is 9.16. The predicted octanol–water partition coefficient (Wildman–Crippen LogP) is 1.76. The Balaban J connectivity index is 1.66. The molecule has 0 unspecified atom stereocenters. The van der Waals surface area contributed by atoms with Gasteiger partial charge in [-0.25, -0.2) is 0 Å². The van der Waals surface area contributed by atoms with Crippen molar-refractivity contribution in [1.29, 1.82) is 0 Å². The lowest BCUT2D eigenvalue weighted by molar-refractivity contribution is -0.148. The number of nitrogens with zero attached hydrogens (tertiary/aromatic N) is 2. The molecule has 1 aliphatic heterocycles. The molecule has 1 aromatic heterocycles. The second kappa shape index (κ2) is 7.06. The van der Waals surface area contributed by atoms with Crippen LogP contribution in [0.25, 0.3) is 10.9 Å². The van der Waals surface area contributed by atoms with Crippen LogP contribution in [0.3, 0.4) is 0 Å². The highest BCUT2D eigenvalue weighted by atomic mass is 16.2. The molecule has 1 aliphatic rings. The maximum absolute atomic E-state index is 12.9. The molecule has 1 fully saturated rings. The molecule has 0 aliphatic carbocycles. The summed E-state index contributed by atoms with van der Waals surface area (Å²) in [6.07, 6.45) is 0. The first kappa shape index (κ1) is 18.9. The van der Waals surface area contributed by atoms with Gasteiger partial charge in [-0.1, -0.05) is 18.2 Å². The number of para-hydroxylation sites is 1. The van der Waals surface area contributed by atoms with E-state index in [-0.39, 0.29) is 11.9 Å². The maximum Gasteiger partial charge on any atom is 0.312 e. The van der Waals surface area contributed by atoms with Crippen LogP contribution in [-0.4, -0.2) is 63.7 Å². The molecule has 144 valence electrons. The highest BCUT2D eigenvalue weighted by Crippen LogP contribution is 2.19. The molecule has 2 N–H and O–H groups in total. The van der Waals surface area contributed by atoms with Crippen molar-refractivity contribution in [2.45, 2.75) is 39.3 Å². The van der Waals surface area contributed by atoms with Crippen molar-refractivity contribution in [1.82, 2.24) is 20.1 Å². The number of fused-ring (bicyclic) bond motifs is 1. The number of hydrogen-bond acceptors (Lipinski definition) is 3. The third-order valence-corrected chi connectivity index (χ3v) is 4.62. The van der Waals surface area contributed by atoms with Gasteiger partial charge in [-0.15, -0.1) is 0 Å². The van der Waals surface area contributed by atoms with Crippen LogP contribution in [-0.2, 0) is 9.59 Å². The number of carbonyl (C=O) groups is 3. The van der Waals surface area contributed by atoms with Gasteiger partial charge in [-0.2, -0.15) is 0 Å². The summed E-state index contributed by atoms with van der Waals surface area (Å²) >= 11 is 0. The zero-order valence-electron chi connectivity index (χ0n) is 16.2. The van der Waals surface area contributed by atoms with E-state index in [2.05, 4.69) is 10.3 Å². The van der Waals surface area contributed by atoms with Gasteiger partial charge in [0.25, 0.3) is 5.91 Å². The Morgan fingerprint density at radius 3 is 2.48 bits per heavy atom. The molecule has 1 atom stereocenters. The summed E-state index contributed by atoms with van der Waals surface area (Å²) < 4.78 is 0. The predicted molar refractivity (Wildman–Crippen MR) is 103 cm³/mol. The van der Waals surface area contributed by atoms with Gasteiger partial charge in [0, 0.05) is 42.1 Å². The van der Waals surface area contributed by atoms with Gasteiger partial charge in [0.15, 0.2) is 0 Å². The number of aromatic amines is 1. The fourth-order valence-corrected chi connectivity index (χ4v) is 3.32. The second-order valence-corrected chi connectivity index (χ2v) is 8.07. The van der Waals surface area contributed by atoms with E-state index in [1.807, 2.05) is 58.0 Å². The fourth-order valence-electron chi connectivity index (χ4n) is 3.32. The first-order valence-corrected chi connectivity index (χ1v) is 9.16. The van der Waals surface area contributed by atoms with Crippen molar-refractivity contribution in [3.8, 4) is 0 Å². The van der Waals surface area contributed by atoms with Crippen LogP contribution in [0, 0.1) is 0 Å². The summed E-state index contributed by atoms with van der Waals surface area (Å²) in [5, 5.41) is 3.68. The Bertz CT molecular complexity index is 848. The number of carbonyl (C=O) groups excluding carboxylic acids is 3. The van der Waals surface area contributed by atoms with Gasteiger partial charge in [-0.3, -0.25) is 14.4 Å². The molecule has 27 heavy (non-hydrogen) atoms. The third kappa shape index (κ3) is 4.13. The summed E-state index contributed by atoms with van der Waals surface area (Å²) in [7, 11) is 0. The van der Waals surface area contributed by atoms with Gasteiger partial charge < -0.3 is 20.1 Å².